The van der Waals surface area contributed by atoms with Gasteiger partial charge in [0.15, 0.2) is 0 Å². The Morgan fingerprint density at radius 2 is 1.72 bits per heavy atom. The molecule has 0 saturated carbocycles. The maximum Gasteiger partial charge on any atom is 0.0795 e. The number of hydrogen-bond acceptors (Lipinski definition) is 1. The monoisotopic (exact) mass is 304 g/mol. The molecule has 1 atom stereocenters. The van der Waals surface area contributed by atoms with E-state index in [1.807, 2.05) is 43.3 Å². The fourth-order valence-electron chi connectivity index (χ4n) is 2.07. The first-order valence-corrected chi connectivity index (χ1v) is 6.94. The topological polar surface area (TPSA) is 20.2 Å². The highest BCUT2D eigenvalue weighted by Crippen LogP contribution is 2.22. The van der Waals surface area contributed by atoms with Crippen molar-refractivity contribution in [3.05, 3.63) is 69.7 Å². The summed E-state index contributed by atoms with van der Waals surface area (Å²) in [7, 11) is 0. The van der Waals surface area contributed by atoms with E-state index in [0.717, 1.165) is 28.4 Å². The minimum atomic E-state index is -0.380. The number of halogens is 1. The van der Waals surface area contributed by atoms with E-state index in [4.69, 9.17) is 0 Å². The Hall–Kier alpha value is -1.12. The van der Waals surface area contributed by atoms with Crippen LogP contribution in [-0.4, -0.2) is 5.11 Å². The van der Waals surface area contributed by atoms with E-state index in [0.29, 0.717) is 0 Å². The molecule has 1 nitrogen and oxygen atoms in total. The van der Waals surface area contributed by atoms with Crippen molar-refractivity contribution in [2.45, 2.75) is 25.9 Å². The molecule has 0 aliphatic rings. The van der Waals surface area contributed by atoms with Crippen molar-refractivity contribution < 1.29 is 5.11 Å². The van der Waals surface area contributed by atoms with Gasteiger partial charge in [-0.2, -0.15) is 0 Å². The fraction of sp³-hybridized carbons (Fsp3) is 0.250. The van der Waals surface area contributed by atoms with Gasteiger partial charge in [-0.3, -0.25) is 0 Å². The molecule has 0 aliphatic carbocycles. The Morgan fingerprint density at radius 1 is 1.06 bits per heavy atom. The Labute approximate surface area is 117 Å². The molecule has 0 bridgehead atoms. The average Bonchev–Trinajstić information content (AvgIpc) is 2.38. The van der Waals surface area contributed by atoms with Gasteiger partial charge in [-0.15, -0.1) is 0 Å². The summed E-state index contributed by atoms with van der Waals surface area (Å²) >= 11 is 3.42. The molecule has 0 fully saturated rings. The quantitative estimate of drug-likeness (QED) is 0.886. The fourth-order valence-corrected chi connectivity index (χ4v) is 2.33. The lowest BCUT2D eigenvalue weighted by atomic mass is 9.98. The number of aliphatic hydroxyl groups is 1. The van der Waals surface area contributed by atoms with Crippen molar-refractivity contribution in [1.82, 2.24) is 0 Å². The molecule has 2 aromatic carbocycles. The van der Waals surface area contributed by atoms with Gasteiger partial charge >= 0.3 is 0 Å². The number of benzene rings is 2. The number of hydrogen-bond donors (Lipinski definition) is 1. The lowest BCUT2D eigenvalue weighted by Crippen LogP contribution is -2.01. The molecule has 94 valence electrons. The second-order valence-corrected chi connectivity index (χ2v) is 5.45. The molecule has 0 aliphatic heterocycles. The predicted octanol–water partition coefficient (Wildman–Crippen LogP) is 4.42. The molecule has 2 aromatic rings. The first kappa shape index (κ1) is 13.3. The third-order valence-electron chi connectivity index (χ3n) is 3.17. The SMILES string of the molecule is Cc1ccccc1C(O)CCc1ccc(Br)cc1. The summed E-state index contributed by atoms with van der Waals surface area (Å²) in [4.78, 5) is 0. The van der Waals surface area contributed by atoms with Crippen LogP contribution < -0.4 is 0 Å². The standard InChI is InChI=1S/C16H17BrO/c1-12-4-2-3-5-15(12)16(18)11-8-13-6-9-14(17)10-7-13/h2-7,9-10,16,18H,8,11H2,1H3. The maximum atomic E-state index is 10.2. The Morgan fingerprint density at radius 3 is 2.39 bits per heavy atom. The number of aryl methyl sites for hydroxylation is 2. The maximum absolute atomic E-state index is 10.2. The Bertz CT molecular complexity index is 505. The van der Waals surface area contributed by atoms with Crippen LogP contribution in [0.1, 0.15) is 29.2 Å². The molecular weight excluding hydrogens is 288 g/mol. The van der Waals surface area contributed by atoms with Crippen LogP contribution in [0.4, 0.5) is 0 Å². The molecule has 0 aromatic heterocycles. The second-order valence-electron chi connectivity index (χ2n) is 4.54. The van der Waals surface area contributed by atoms with Crippen LogP contribution in [0.3, 0.4) is 0 Å². The van der Waals surface area contributed by atoms with Crippen LogP contribution in [-0.2, 0) is 6.42 Å². The molecule has 0 spiro atoms. The summed E-state index contributed by atoms with van der Waals surface area (Å²) in [5.41, 5.74) is 3.45. The van der Waals surface area contributed by atoms with Crippen molar-refractivity contribution in [1.29, 1.82) is 0 Å². The van der Waals surface area contributed by atoms with Crippen molar-refractivity contribution in [3.63, 3.8) is 0 Å². The first-order chi connectivity index (χ1) is 8.66. The Balaban J connectivity index is 1.98. The summed E-state index contributed by atoms with van der Waals surface area (Å²) in [6, 6.07) is 16.3. The van der Waals surface area contributed by atoms with E-state index in [2.05, 4.69) is 28.1 Å². The highest BCUT2D eigenvalue weighted by atomic mass is 79.9. The van der Waals surface area contributed by atoms with E-state index < -0.39 is 0 Å². The lowest BCUT2D eigenvalue weighted by molar-refractivity contribution is 0.167. The van der Waals surface area contributed by atoms with Crippen LogP contribution in [0.2, 0.25) is 0 Å². The summed E-state index contributed by atoms with van der Waals surface area (Å²) < 4.78 is 1.09. The van der Waals surface area contributed by atoms with Gasteiger partial charge in [0.2, 0.25) is 0 Å². The van der Waals surface area contributed by atoms with E-state index >= 15 is 0 Å². The van der Waals surface area contributed by atoms with Gasteiger partial charge in [0.25, 0.3) is 0 Å². The van der Waals surface area contributed by atoms with Crippen LogP contribution in [0.15, 0.2) is 53.0 Å². The van der Waals surface area contributed by atoms with Crippen molar-refractivity contribution in [3.8, 4) is 0 Å². The smallest absolute Gasteiger partial charge is 0.0795 e. The summed E-state index contributed by atoms with van der Waals surface area (Å²) in [6.07, 6.45) is 1.27. The van der Waals surface area contributed by atoms with Gasteiger partial charge in [-0.1, -0.05) is 52.3 Å². The van der Waals surface area contributed by atoms with Gasteiger partial charge in [0, 0.05) is 4.47 Å². The molecule has 0 saturated heterocycles. The average molecular weight is 305 g/mol. The molecule has 1 N–H and O–H groups in total. The van der Waals surface area contributed by atoms with E-state index in [-0.39, 0.29) is 6.10 Å². The molecule has 18 heavy (non-hydrogen) atoms. The predicted molar refractivity (Wildman–Crippen MR) is 78.6 cm³/mol. The van der Waals surface area contributed by atoms with Gasteiger partial charge in [0.1, 0.15) is 0 Å². The minimum Gasteiger partial charge on any atom is -0.388 e. The lowest BCUT2D eigenvalue weighted by Gasteiger charge is -2.13. The van der Waals surface area contributed by atoms with E-state index in [1.165, 1.54) is 5.56 Å². The summed E-state index contributed by atoms with van der Waals surface area (Å²) in [5.74, 6) is 0. The zero-order valence-electron chi connectivity index (χ0n) is 10.4. The molecule has 0 amide bonds. The second kappa shape index (κ2) is 6.17. The number of rotatable bonds is 4. The molecule has 0 radical (unpaired) electrons. The zero-order chi connectivity index (χ0) is 13.0. The minimum absolute atomic E-state index is 0.380. The molecule has 1 unspecified atom stereocenters. The molecule has 0 heterocycles. The molecular formula is C16H17BrO. The molecule has 2 heteroatoms. The first-order valence-electron chi connectivity index (χ1n) is 6.15. The molecule has 2 rings (SSSR count). The van der Waals surface area contributed by atoms with Gasteiger partial charge in [0.05, 0.1) is 6.10 Å². The van der Waals surface area contributed by atoms with Gasteiger partial charge in [-0.05, 0) is 48.6 Å². The van der Waals surface area contributed by atoms with Crippen LogP contribution >= 0.6 is 15.9 Å². The van der Waals surface area contributed by atoms with Crippen molar-refractivity contribution in [2.24, 2.45) is 0 Å². The van der Waals surface area contributed by atoms with Crippen LogP contribution in [0, 0.1) is 6.92 Å². The third-order valence-corrected chi connectivity index (χ3v) is 3.70. The third kappa shape index (κ3) is 3.44. The zero-order valence-corrected chi connectivity index (χ0v) is 12.0. The summed E-state index contributed by atoms with van der Waals surface area (Å²) in [6.45, 7) is 2.04. The highest BCUT2D eigenvalue weighted by molar-refractivity contribution is 9.10. The Kier molecular flexibility index (Phi) is 4.56. The van der Waals surface area contributed by atoms with Crippen LogP contribution in [0.5, 0.6) is 0 Å². The van der Waals surface area contributed by atoms with Crippen molar-refractivity contribution >= 4 is 15.9 Å². The van der Waals surface area contributed by atoms with E-state index in [9.17, 15) is 5.11 Å². The summed E-state index contributed by atoms with van der Waals surface area (Å²) in [5, 5.41) is 10.2. The number of aliphatic hydroxyl groups excluding tert-OH is 1. The van der Waals surface area contributed by atoms with Gasteiger partial charge < -0.3 is 5.11 Å². The van der Waals surface area contributed by atoms with Crippen LogP contribution in [0.25, 0.3) is 0 Å². The van der Waals surface area contributed by atoms with Crippen molar-refractivity contribution in [2.75, 3.05) is 0 Å². The largest absolute Gasteiger partial charge is 0.388 e. The highest BCUT2D eigenvalue weighted by Gasteiger charge is 2.09. The van der Waals surface area contributed by atoms with E-state index in [1.54, 1.807) is 0 Å². The van der Waals surface area contributed by atoms with Gasteiger partial charge in [-0.25, -0.2) is 0 Å². The normalized spacial score (nSPS) is 12.4.